The summed E-state index contributed by atoms with van der Waals surface area (Å²) in [6.45, 7) is 5.24. The van der Waals surface area contributed by atoms with Crippen molar-refractivity contribution in [1.82, 2.24) is 29.6 Å². The SMILES string of the molecule is Cc1noc(C)c1-c1cncc(C[C@@H]2CCN(C(=O)c3cn(C)cn3)C2)n1. The predicted molar refractivity (Wildman–Crippen MR) is 97.9 cm³/mol. The normalized spacial score (nSPS) is 16.9. The molecule has 8 nitrogen and oxygen atoms in total. The first-order valence-corrected chi connectivity index (χ1v) is 9.02. The maximum Gasteiger partial charge on any atom is 0.274 e. The van der Waals surface area contributed by atoms with Gasteiger partial charge in [0, 0.05) is 32.5 Å². The van der Waals surface area contributed by atoms with Crippen LogP contribution >= 0.6 is 0 Å². The number of hydrogen-bond acceptors (Lipinski definition) is 6. The Morgan fingerprint density at radius 3 is 2.89 bits per heavy atom. The van der Waals surface area contributed by atoms with Gasteiger partial charge >= 0.3 is 0 Å². The van der Waals surface area contributed by atoms with Gasteiger partial charge in [-0.2, -0.15) is 0 Å². The lowest BCUT2D eigenvalue weighted by Crippen LogP contribution is -2.29. The van der Waals surface area contributed by atoms with Crippen LogP contribution in [0.2, 0.25) is 0 Å². The zero-order chi connectivity index (χ0) is 19.0. The minimum atomic E-state index is -0.00587. The second-order valence-corrected chi connectivity index (χ2v) is 7.13. The molecule has 1 aliphatic heterocycles. The number of rotatable bonds is 4. The average molecular weight is 366 g/mol. The fourth-order valence-electron chi connectivity index (χ4n) is 3.64. The van der Waals surface area contributed by atoms with Crippen LogP contribution in [0.15, 0.2) is 29.4 Å². The van der Waals surface area contributed by atoms with Crippen molar-refractivity contribution < 1.29 is 9.32 Å². The van der Waals surface area contributed by atoms with Crippen LogP contribution in [-0.4, -0.2) is 48.6 Å². The van der Waals surface area contributed by atoms with Gasteiger partial charge in [-0.15, -0.1) is 0 Å². The lowest BCUT2D eigenvalue weighted by molar-refractivity contribution is 0.0781. The summed E-state index contributed by atoms with van der Waals surface area (Å²) in [5.74, 6) is 1.10. The molecule has 4 rings (SSSR count). The Bertz CT molecular complexity index is 957. The van der Waals surface area contributed by atoms with Gasteiger partial charge in [0.25, 0.3) is 5.91 Å². The Morgan fingerprint density at radius 1 is 1.33 bits per heavy atom. The minimum absolute atomic E-state index is 0.00587. The molecular formula is C19H22N6O2. The highest BCUT2D eigenvalue weighted by Gasteiger charge is 2.28. The molecule has 0 bridgehead atoms. The number of imidazole rings is 1. The third-order valence-electron chi connectivity index (χ3n) is 4.97. The van der Waals surface area contributed by atoms with Gasteiger partial charge in [-0.3, -0.25) is 9.78 Å². The molecule has 3 aromatic rings. The van der Waals surface area contributed by atoms with Crippen LogP contribution in [0, 0.1) is 19.8 Å². The van der Waals surface area contributed by atoms with Crippen molar-refractivity contribution in [3.63, 3.8) is 0 Å². The molecule has 0 radical (unpaired) electrons. The van der Waals surface area contributed by atoms with E-state index in [1.54, 1.807) is 29.5 Å². The molecule has 1 fully saturated rings. The van der Waals surface area contributed by atoms with Crippen LogP contribution in [0.1, 0.15) is 34.1 Å². The lowest BCUT2D eigenvalue weighted by atomic mass is 10.0. The molecular weight excluding hydrogens is 344 g/mol. The Kier molecular flexibility index (Phi) is 4.47. The molecule has 1 amide bonds. The number of aryl methyl sites for hydroxylation is 3. The number of carbonyl (C=O) groups is 1. The van der Waals surface area contributed by atoms with Crippen LogP contribution in [0.4, 0.5) is 0 Å². The van der Waals surface area contributed by atoms with Gasteiger partial charge in [0.2, 0.25) is 0 Å². The van der Waals surface area contributed by atoms with Gasteiger partial charge in [0.05, 0.1) is 35.2 Å². The fourth-order valence-corrected chi connectivity index (χ4v) is 3.64. The summed E-state index contributed by atoms with van der Waals surface area (Å²) in [5, 5.41) is 3.99. The van der Waals surface area contributed by atoms with Crippen LogP contribution in [0.25, 0.3) is 11.3 Å². The van der Waals surface area contributed by atoms with Gasteiger partial charge in [0.15, 0.2) is 0 Å². The molecule has 0 saturated carbocycles. The predicted octanol–water partition coefficient (Wildman–Crippen LogP) is 2.19. The van der Waals surface area contributed by atoms with Crippen LogP contribution in [0.5, 0.6) is 0 Å². The number of amides is 1. The van der Waals surface area contributed by atoms with Crippen molar-refractivity contribution in [3.05, 3.63) is 47.8 Å². The highest BCUT2D eigenvalue weighted by molar-refractivity contribution is 5.92. The molecule has 0 unspecified atom stereocenters. The summed E-state index contributed by atoms with van der Waals surface area (Å²) >= 11 is 0. The van der Waals surface area contributed by atoms with E-state index in [0.29, 0.717) is 18.2 Å². The zero-order valence-electron chi connectivity index (χ0n) is 15.7. The van der Waals surface area contributed by atoms with Crippen molar-refractivity contribution in [2.24, 2.45) is 13.0 Å². The standard InChI is InChI=1S/C19H22N6O2/c1-12-18(13(2)27-23-12)16-8-20-7-15(22-16)6-14-4-5-25(9-14)19(26)17-10-24(3)11-21-17/h7-8,10-11,14H,4-6,9H2,1-3H3/t14-/m0/s1. The lowest BCUT2D eigenvalue weighted by Gasteiger charge is -2.15. The molecule has 140 valence electrons. The fraction of sp³-hybridized carbons (Fsp3) is 0.421. The number of aromatic nitrogens is 5. The first-order chi connectivity index (χ1) is 13.0. The van der Waals surface area contributed by atoms with Crippen LogP contribution in [-0.2, 0) is 13.5 Å². The zero-order valence-corrected chi connectivity index (χ0v) is 15.7. The van der Waals surface area contributed by atoms with Gasteiger partial charge < -0.3 is 14.0 Å². The summed E-state index contributed by atoms with van der Waals surface area (Å²) in [6.07, 6.45) is 8.68. The van der Waals surface area contributed by atoms with E-state index in [1.165, 1.54) is 0 Å². The first kappa shape index (κ1) is 17.4. The largest absolute Gasteiger partial charge is 0.361 e. The number of hydrogen-bond donors (Lipinski definition) is 0. The molecule has 0 N–H and O–H groups in total. The summed E-state index contributed by atoms with van der Waals surface area (Å²) in [7, 11) is 1.86. The maximum atomic E-state index is 12.5. The molecule has 1 atom stereocenters. The summed E-state index contributed by atoms with van der Waals surface area (Å²) < 4.78 is 7.03. The Labute approximate surface area is 157 Å². The Hall–Kier alpha value is -3.03. The van der Waals surface area contributed by atoms with Crippen LogP contribution < -0.4 is 0 Å². The summed E-state index contributed by atoms with van der Waals surface area (Å²) in [5.41, 5.74) is 3.92. The molecule has 3 aromatic heterocycles. The third-order valence-corrected chi connectivity index (χ3v) is 4.97. The molecule has 1 saturated heterocycles. The molecule has 27 heavy (non-hydrogen) atoms. The van der Waals surface area contributed by atoms with Crippen molar-refractivity contribution >= 4 is 5.91 Å². The van der Waals surface area contributed by atoms with Crippen molar-refractivity contribution in [1.29, 1.82) is 0 Å². The van der Waals surface area contributed by atoms with Gasteiger partial charge in [-0.05, 0) is 32.6 Å². The van der Waals surface area contributed by atoms with Crippen molar-refractivity contribution in [2.45, 2.75) is 26.7 Å². The van der Waals surface area contributed by atoms with E-state index in [1.807, 2.05) is 25.8 Å². The topological polar surface area (TPSA) is 89.9 Å². The molecule has 4 heterocycles. The monoisotopic (exact) mass is 366 g/mol. The summed E-state index contributed by atoms with van der Waals surface area (Å²) in [4.78, 5) is 27.7. The van der Waals surface area contributed by atoms with Gasteiger partial charge in [-0.25, -0.2) is 9.97 Å². The van der Waals surface area contributed by atoms with E-state index in [9.17, 15) is 4.79 Å². The van der Waals surface area contributed by atoms with Crippen molar-refractivity contribution in [3.8, 4) is 11.3 Å². The van der Waals surface area contributed by atoms with E-state index in [-0.39, 0.29) is 5.91 Å². The molecule has 0 aromatic carbocycles. The Morgan fingerprint density at radius 2 is 2.19 bits per heavy atom. The third kappa shape index (κ3) is 3.47. The first-order valence-electron chi connectivity index (χ1n) is 9.02. The smallest absolute Gasteiger partial charge is 0.274 e. The van der Waals surface area contributed by atoms with Crippen LogP contribution in [0.3, 0.4) is 0 Å². The van der Waals surface area contributed by atoms with E-state index < -0.39 is 0 Å². The minimum Gasteiger partial charge on any atom is -0.361 e. The number of nitrogens with zero attached hydrogens (tertiary/aromatic N) is 6. The van der Waals surface area contributed by atoms with E-state index in [2.05, 4.69) is 15.1 Å². The van der Waals surface area contributed by atoms with E-state index in [4.69, 9.17) is 9.51 Å². The Balaban J connectivity index is 1.45. The van der Waals surface area contributed by atoms with Crippen molar-refractivity contribution in [2.75, 3.05) is 13.1 Å². The molecule has 8 heteroatoms. The molecule has 1 aliphatic rings. The molecule has 0 aliphatic carbocycles. The molecule has 0 spiro atoms. The maximum absolute atomic E-state index is 12.5. The van der Waals surface area contributed by atoms with Gasteiger partial charge in [0.1, 0.15) is 11.5 Å². The van der Waals surface area contributed by atoms with Gasteiger partial charge in [-0.1, -0.05) is 5.16 Å². The average Bonchev–Trinajstić information content (AvgIpc) is 3.36. The highest BCUT2D eigenvalue weighted by atomic mass is 16.5. The summed E-state index contributed by atoms with van der Waals surface area (Å²) in [6, 6.07) is 0. The highest BCUT2D eigenvalue weighted by Crippen LogP contribution is 2.26. The second-order valence-electron chi connectivity index (χ2n) is 7.13. The van der Waals surface area contributed by atoms with E-state index >= 15 is 0 Å². The number of likely N-dealkylation sites (tertiary alicyclic amines) is 1. The number of carbonyl (C=O) groups excluding carboxylic acids is 1. The second kappa shape index (κ2) is 6.94. The quantitative estimate of drug-likeness (QED) is 0.703. The van der Waals surface area contributed by atoms with E-state index in [0.717, 1.165) is 47.8 Å².